The van der Waals surface area contributed by atoms with E-state index in [1.54, 1.807) is 42.6 Å². The zero-order chi connectivity index (χ0) is 19.6. The fourth-order valence-electron chi connectivity index (χ4n) is 3.28. The summed E-state index contributed by atoms with van der Waals surface area (Å²) >= 11 is 0. The number of hydrogen-bond acceptors (Lipinski definition) is 5. The highest BCUT2D eigenvalue weighted by Crippen LogP contribution is 2.26. The van der Waals surface area contributed by atoms with Crippen LogP contribution in [0.1, 0.15) is 18.4 Å². The minimum Gasteiger partial charge on any atom is -0.491 e. The van der Waals surface area contributed by atoms with Crippen molar-refractivity contribution in [3.05, 3.63) is 60.3 Å². The van der Waals surface area contributed by atoms with Gasteiger partial charge < -0.3 is 9.47 Å². The van der Waals surface area contributed by atoms with E-state index in [2.05, 4.69) is 9.71 Å². The van der Waals surface area contributed by atoms with Crippen molar-refractivity contribution in [2.24, 2.45) is 0 Å². The minimum absolute atomic E-state index is 0.102. The summed E-state index contributed by atoms with van der Waals surface area (Å²) < 4.78 is 39.9. The van der Waals surface area contributed by atoms with Crippen molar-refractivity contribution in [3.8, 4) is 5.75 Å². The number of anilines is 1. The summed E-state index contributed by atoms with van der Waals surface area (Å²) in [6.07, 6.45) is 3.80. The molecular formula is C21H22N2O4S. The van der Waals surface area contributed by atoms with Gasteiger partial charge in [-0.3, -0.25) is 9.71 Å². The Morgan fingerprint density at radius 2 is 2.07 bits per heavy atom. The molecule has 1 saturated heterocycles. The third-order valence-corrected chi connectivity index (χ3v) is 6.06. The molecule has 0 unspecified atom stereocenters. The van der Waals surface area contributed by atoms with Crippen molar-refractivity contribution in [3.63, 3.8) is 0 Å². The summed E-state index contributed by atoms with van der Waals surface area (Å²) in [4.78, 5) is 4.47. The van der Waals surface area contributed by atoms with Crippen LogP contribution >= 0.6 is 0 Å². The van der Waals surface area contributed by atoms with Gasteiger partial charge in [-0.15, -0.1) is 0 Å². The highest BCUT2D eigenvalue weighted by atomic mass is 32.2. The molecule has 0 spiro atoms. The first-order valence-electron chi connectivity index (χ1n) is 9.24. The number of sulfonamides is 1. The number of nitrogens with zero attached hydrogens (tertiary/aromatic N) is 1. The van der Waals surface area contributed by atoms with Gasteiger partial charge in [0.15, 0.2) is 0 Å². The van der Waals surface area contributed by atoms with Gasteiger partial charge in [0.2, 0.25) is 0 Å². The summed E-state index contributed by atoms with van der Waals surface area (Å²) in [6.45, 7) is 3.16. The van der Waals surface area contributed by atoms with Crippen LogP contribution in [0.4, 0.5) is 5.69 Å². The highest BCUT2D eigenvalue weighted by Gasteiger charge is 2.19. The smallest absolute Gasteiger partial charge is 0.264 e. The molecule has 1 aliphatic heterocycles. The fourth-order valence-corrected chi connectivity index (χ4v) is 4.51. The van der Waals surface area contributed by atoms with Crippen LogP contribution in [-0.2, 0) is 14.8 Å². The van der Waals surface area contributed by atoms with Crippen LogP contribution in [-0.4, -0.2) is 32.7 Å². The van der Waals surface area contributed by atoms with Gasteiger partial charge in [0.05, 0.1) is 17.3 Å². The van der Waals surface area contributed by atoms with E-state index in [4.69, 9.17) is 9.47 Å². The summed E-state index contributed by atoms with van der Waals surface area (Å²) in [6, 6.07) is 14.0. The molecule has 2 heterocycles. The molecule has 146 valence electrons. The van der Waals surface area contributed by atoms with E-state index in [-0.39, 0.29) is 11.0 Å². The second-order valence-corrected chi connectivity index (χ2v) is 8.57. The van der Waals surface area contributed by atoms with Gasteiger partial charge >= 0.3 is 0 Å². The Labute approximate surface area is 164 Å². The van der Waals surface area contributed by atoms with E-state index in [0.717, 1.165) is 30.4 Å². The van der Waals surface area contributed by atoms with Crippen molar-refractivity contribution >= 4 is 26.6 Å². The monoisotopic (exact) mass is 398 g/mol. The van der Waals surface area contributed by atoms with Gasteiger partial charge in [-0.1, -0.05) is 18.2 Å². The maximum absolute atomic E-state index is 13.0. The third-order valence-electron chi connectivity index (χ3n) is 4.65. The average Bonchev–Trinajstić information content (AvgIpc) is 3.19. The molecule has 0 radical (unpaired) electrons. The van der Waals surface area contributed by atoms with Crippen molar-refractivity contribution < 1.29 is 17.9 Å². The van der Waals surface area contributed by atoms with Crippen LogP contribution < -0.4 is 9.46 Å². The number of para-hydroxylation sites is 1. The number of aromatic nitrogens is 1. The van der Waals surface area contributed by atoms with Gasteiger partial charge in [-0.2, -0.15) is 0 Å². The van der Waals surface area contributed by atoms with Crippen LogP contribution in [0.25, 0.3) is 10.9 Å². The lowest BCUT2D eigenvalue weighted by Gasteiger charge is -2.13. The predicted octanol–water partition coefficient (Wildman–Crippen LogP) is 3.90. The summed E-state index contributed by atoms with van der Waals surface area (Å²) in [5.74, 6) is 0.599. The van der Waals surface area contributed by atoms with Crippen molar-refractivity contribution in [1.29, 1.82) is 0 Å². The number of ether oxygens (including phenoxy) is 2. The van der Waals surface area contributed by atoms with Crippen molar-refractivity contribution in [2.45, 2.75) is 30.8 Å². The molecule has 0 bridgehead atoms. The molecule has 0 amide bonds. The van der Waals surface area contributed by atoms with Crippen LogP contribution in [0.5, 0.6) is 5.75 Å². The second kappa shape index (κ2) is 7.77. The Kier molecular flexibility index (Phi) is 5.19. The Morgan fingerprint density at radius 1 is 1.21 bits per heavy atom. The molecule has 2 aromatic carbocycles. The SMILES string of the molecule is Cc1cnc2c(S(=O)(=O)Nc3cccc(OC[C@@H]4CCCO4)c3)cccc2c1. The van der Waals surface area contributed by atoms with Crippen LogP contribution in [0.3, 0.4) is 0 Å². The number of fused-ring (bicyclic) bond motifs is 1. The molecule has 6 nitrogen and oxygen atoms in total. The minimum atomic E-state index is -3.79. The van der Waals surface area contributed by atoms with E-state index < -0.39 is 10.0 Å². The maximum atomic E-state index is 13.0. The first-order chi connectivity index (χ1) is 13.5. The van der Waals surface area contributed by atoms with Gasteiger partial charge in [0, 0.05) is 24.3 Å². The van der Waals surface area contributed by atoms with Crippen molar-refractivity contribution in [1.82, 2.24) is 4.98 Å². The molecule has 28 heavy (non-hydrogen) atoms. The lowest BCUT2D eigenvalue weighted by molar-refractivity contribution is 0.0680. The standard InChI is InChI=1S/C21H22N2O4S/c1-15-11-16-5-2-9-20(21(16)22-13-15)28(24,25)23-17-6-3-7-18(12-17)27-14-19-8-4-10-26-19/h2-3,5-7,9,11-13,19,23H,4,8,10,14H2,1H3/t19-/m0/s1. The van der Waals surface area contributed by atoms with Crippen molar-refractivity contribution in [2.75, 3.05) is 17.9 Å². The van der Waals surface area contributed by atoms with E-state index in [9.17, 15) is 8.42 Å². The van der Waals surface area contributed by atoms with E-state index >= 15 is 0 Å². The number of rotatable bonds is 6. The normalized spacial score (nSPS) is 17.0. The lowest BCUT2D eigenvalue weighted by Crippen LogP contribution is -2.16. The number of pyridine rings is 1. The molecule has 1 N–H and O–H groups in total. The summed E-state index contributed by atoms with van der Waals surface area (Å²) in [7, 11) is -3.79. The van der Waals surface area contributed by atoms with Crippen LogP contribution in [0.2, 0.25) is 0 Å². The number of aryl methyl sites for hydroxylation is 1. The molecule has 1 fully saturated rings. The lowest BCUT2D eigenvalue weighted by atomic mass is 10.2. The molecule has 0 aliphatic carbocycles. The first-order valence-corrected chi connectivity index (χ1v) is 10.7. The summed E-state index contributed by atoms with van der Waals surface area (Å²) in [5.41, 5.74) is 1.87. The molecule has 1 aliphatic rings. The van der Waals surface area contributed by atoms with Gasteiger partial charge in [-0.05, 0) is 49.6 Å². The molecule has 1 aromatic heterocycles. The van der Waals surface area contributed by atoms with Crippen LogP contribution in [0.15, 0.2) is 59.6 Å². The second-order valence-electron chi connectivity index (χ2n) is 6.92. The third kappa shape index (κ3) is 4.10. The van der Waals surface area contributed by atoms with Gasteiger partial charge in [-0.25, -0.2) is 8.42 Å². The van der Waals surface area contributed by atoms with E-state index in [1.807, 2.05) is 19.1 Å². The molecule has 0 saturated carbocycles. The Bertz CT molecular complexity index is 1090. The summed E-state index contributed by atoms with van der Waals surface area (Å²) in [5, 5.41) is 0.788. The van der Waals surface area contributed by atoms with Gasteiger partial charge in [0.25, 0.3) is 10.0 Å². The highest BCUT2D eigenvalue weighted by molar-refractivity contribution is 7.93. The molecule has 3 aromatic rings. The number of nitrogens with one attached hydrogen (secondary N) is 1. The quantitative estimate of drug-likeness (QED) is 0.681. The Hall–Kier alpha value is -2.64. The zero-order valence-corrected chi connectivity index (χ0v) is 16.4. The molecular weight excluding hydrogens is 376 g/mol. The topological polar surface area (TPSA) is 77.5 Å². The first kappa shape index (κ1) is 18.7. The number of hydrogen-bond donors (Lipinski definition) is 1. The largest absolute Gasteiger partial charge is 0.491 e. The maximum Gasteiger partial charge on any atom is 0.264 e. The predicted molar refractivity (Wildman–Crippen MR) is 108 cm³/mol. The molecule has 7 heteroatoms. The molecule has 4 rings (SSSR count). The van der Waals surface area contributed by atoms with E-state index in [1.165, 1.54) is 0 Å². The number of benzene rings is 2. The van der Waals surface area contributed by atoms with E-state index in [0.29, 0.717) is 23.6 Å². The zero-order valence-electron chi connectivity index (χ0n) is 15.6. The molecule has 1 atom stereocenters. The Morgan fingerprint density at radius 3 is 2.89 bits per heavy atom. The van der Waals surface area contributed by atoms with Gasteiger partial charge in [0.1, 0.15) is 17.3 Å². The van der Waals surface area contributed by atoms with Crippen LogP contribution in [0, 0.1) is 6.92 Å². The fraction of sp³-hybridized carbons (Fsp3) is 0.286. The Balaban J connectivity index is 1.56. The average molecular weight is 398 g/mol.